The van der Waals surface area contributed by atoms with E-state index < -0.39 is 10.0 Å². The highest BCUT2D eigenvalue weighted by Gasteiger charge is 2.18. The average Bonchev–Trinajstić information content (AvgIpc) is 2.60. The Balaban J connectivity index is 2.08. The van der Waals surface area contributed by atoms with Crippen LogP contribution in [0, 0.1) is 12.3 Å². The molecular weight excluding hydrogens is 332 g/mol. The summed E-state index contributed by atoms with van der Waals surface area (Å²) in [6.45, 7) is 0. The molecule has 0 bridgehead atoms. The summed E-state index contributed by atoms with van der Waals surface area (Å²) in [7, 11) is 0.141. The van der Waals surface area contributed by atoms with Gasteiger partial charge in [0.15, 0.2) is 0 Å². The minimum absolute atomic E-state index is 0.245. The number of rotatable bonds is 4. The van der Waals surface area contributed by atoms with Gasteiger partial charge in [0, 0.05) is 41.8 Å². The Labute approximate surface area is 148 Å². The molecule has 5 heteroatoms. The minimum Gasteiger partial charge on any atom is -0.377 e. The van der Waals surface area contributed by atoms with Crippen LogP contribution >= 0.6 is 0 Å². The molecule has 0 radical (unpaired) electrons. The highest BCUT2D eigenvalue weighted by Crippen LogP contribution is 2.31. The molecule has 0 aliphatic heterocycles. The monoisotopic (exact) mass is 350 g/mol. The second kappa shape index (κ2) is 6.50. The van der Waals surface area contributed by atoms with Crippen LogP contribution < -0.4 is 9.62 Å². The van der Waals surface area contributed by atoms with Crippen molar-refractivity contribution in [2.75, 3.05) is 23.7 Å². The zero-order valence-corrected chi connectivity index (χ0v) is 14.8. The molecule has 0 fully saturated rings. The van der Waals surface area contributed by atoms with Gasteiger partial charge < -0.3 is 4.90 Å². The minimum atomic E-state index is -3.72. The largest absolute Gasteiger partial charge is 0.377 e. The Kier molecular flexibility index (Phi) is 4.39. The zero-order chi connectivity index (χ0) is 18.0. The summed E-state index contributed by atoms with van der Waals surface area (Å²) in [4.78, 5) is 2.21. The molecule has 0 saturated heterocycles. The fraction of sp³-hybridized carbons (Fsp3) is 0.100. The molecule has 3 rings (SSSR count). The third-order valence-corrected chi connectivity index (χ3v) is 5.37. The number of hydrogen-bond donors (Lipinski definition) is 1. The van der Waals surface area contributed by atoms with Crippen molar-refractivity contribution in [3.8, 4) is 12.3 Å². The Bertz CT molecular complexity index is 1060. The van der Waals surface area contributed by atoms with Crippen molar-refractivity contribution in [3.63, 3.8) is 0 Å². The van der Waals surface area contributed by atoms with Crippen LogP contribution in [0.3, 0.4) is 0 Å². The molecule has 3 aromatic carbocycles. The van der Waals surface area contributed by atoms with Gasteiger partial charge in [-0.2, -0.15) is 0 Å². The zero-order valence-electron chi connectivity index (χ0n) is 14.0. The fourth-order valence-electron chi connectivity index (χ4n) is 2.73. The highest BCUT2D eigenvalue weighted by molar-refractivity contribution is 7.93. The van der Waals surface area contributed by atoms with Crippen molar-refractivity contribution < 1.29 is 8.42 Å². The maximum atomic E-state index is 12.9. The van der Waals surface area contributed by atoms with Gasteiger partial charge in [-0.1, -0.05) is 30.2 Å². The maximum Gasteiger partial charge on any atom is 0.262 e. The molecule has 0 heterocycles. The molecule has 0 amide bonds. The van der Waals surface area contributed by atoms with E-state index in [0.29, 0.717) is 16.6 Å². The van der Waals surface area contributed by atoms with E-state index >= 15 is 0 Å². The third kappa shape index (κ3) is 3.30. The third-order valence-electron chi connectivity index (χ3n) is 3.93. The van der Waals surface area contributed by atoms with E-state index in [-0.39, 0.29) is 4.90 Å². The van der Waals surface area contributed by atoms with Crippen LogP contribution in [-0.2, 0) is 10.0 Å². The molecule has 0 unspecified atom stereocenters. The quantitative estimate of drug-likeness (QED) is 0.730. The predicted octanol–water partition coefficient (Wildman–Crippen LogP) is 3.69. The van der Waals surface area contributed by atoms with Gasteiger partial charge in [-0.15, -0.1) is 6.42 Å². The van der Waals surface area contributed by atoms with Gasteiger partial charge in [0.25, 0.3) is 10.0 Å². The van der Waals surface area contributed by atoms with Crippen molar-refractivity contribution in [2.45, 2.75) is 4.90 Å². The van der Waals surface area contributed by atoms with Gasteiger partial charge in [-0.25, -0.2) is 8.42 Å². The first kappa shape index (κ1) is 16.9. The molecule has 126 valence electrons. The molecule has 0 aliphatic carbocycles. The summed E-state index contributed by atoms with van der Waals surface area (Å²) in [5.41, 5.74) is 2.14. The first-order chi connectivity index (χ1) is 11.9. The maximum absolute atomic E-state index is 12.9. The number of benzene rings is 3. The molecule has 25 heavy (non-hydrogen) atoms. The number of sulfonamides is 1. The predicted molar refractivity (Wildman–Crippen MR) is 103 cm³/mol. The van der Waals surface area contributed by atoms with E-state index in [0.717, 1.165) is 11.1 Å². The smallest absolute Gasteiger partial charge is 0.262 e. The van der Waals surface area contributed by atoms with Crippen molar-refractivity contribution in [1.82, 2.24) is 0 Å². The lowest BCUT2D eigenvalue weighted by atomic mass is 10.1. The molecular formula is C20H18N2O2S. The van der Waals surface area contributed by atoms with E-state index in [1.807, 2.05) is 43.3 Å². The van der Waals surface area contributed by atoms with Gasteiger partial charge in [-0.3, -0.25) is 4.72 Å². The molecule has 1 N–H and O–H groups in total. The van der Waals surface area contributed by atoms with Gasteiger partial charge in [0.2, 0.25) is 0 Å². The number of nitrogens with zero attached hydrogens (tertiary/aromatic N) is 1. The number of hydrogen-bond acceptors (Lipinski definition) is 3. The lowest BCUT2D eigenvalue weighted by Crippen LogP contribution is -2.14. The highest BCUT2D eigenvalue weighted by atomic mass is 32.2. The van der Waals surface area contributed by atoms with Crippen molar-refractivity contribution in [1.29, 1.82) is 0 Å². The Morgan fingerprint density at radius 2 is 1.56 bits per heavy atom. The lowest BCUT2D eigenvalue weighted by Gasteiger charge is -2.17. The van der Waals surface area contributed by atoms with Crippen LogP contribution in [0.1, 0.15) is 5.56 Å². The van der Waals surface area contributed by atoms with E-state index in [1.165, 1.54) is 0 Å². The van der Waals surface area contributed by atoms with Crippen LogP contribution in [0.15, 0.2) is 65.6 Å². The number of nitrogens with one attached hydrogen (secondary N) is 1. The standard InChI is InChI=1S/C20H18N2O2S/c1-4-15-11-13-16(14-12-15)21-25(23,24)20-10-6-7-17-18(20)8-5-9-19(17)22(2)3/h1,5-14,21H,2-3H3. The first-order valence-corrected chi connectivity index (χ1v) is 9.19. The van der Waals surface area contributed by atoms with E-state index in [2.05, 4.69) is 10.6 Å². The van der Waals surface area contributed by atoms with Crippen LogP contribution in [0.5, 0.6) is 0 Å². The van der Waals surface area contributed by atoms with Crippen LogP contribution in [0.25, 0.3) is 10.8 Å². The SMILES string of the molecule is C#Cc1ccc(NS(=O)(=O)c2cccc3c(N(C)C)cccc23)cc1. The summed E-state index contributed by atoms with van der Waals surface area (Å²) in [6, 6.07) is 17.6. The normalized spacial score (nSPS) is 11.1. The van der Waals surface area contributed by atoms with Crippen LogP contribution in [0.4, 0.5) is 11.4 Å². The summed E-state index contributed by atoms with van der Waals surface area (Å²) >= 11 is 0. The Morgan fingerprint density at radius 3 is 2.20 bits per heavy atom. The van der Waals surface area contributed by atoms with Crippen LogP contribution in [-0.4, -0.2) is 22.5 Å². The first-order valence-electron chi connectivity index (χ1n) is 7.71. The fourth-order valence-corrected chi connectivity index (χ4v) is 4.02. The number of terminal acetylenes is 1. The summed E-state index contributed by atoms with van der Waals surface area (Å²) in [6.07, 6.45) is 5.33. The second-order valence-electron chi connectivity index (χ2n) is 5.85. The summed E-state index contributed by atoms with van der Waals surface area (Å²) in [5, 5.41) is 1.57. The summed E-state index contributed by atoms with van der Waals surface area (Å²) in [5.74, 6) is 2.51. The van der Waals surface area contributed by atoms with E-state index in [4.69, 9.17) is 6.42 Å². The van der Waals surface area contributed by atoms with Gasteiger partial charge in [0.1, 0.15) is 0 Å². The Hall–Kier alpha value is -2.97. The molecule has 4 nitrogen and oxygen atoms in total. The second-order valence-corrected chi connectivity index (χ2v) is 7.50. The summed E-state index contributed by atoms with van der Waals surface area (Å²) < 4.78 is 28.4. The van der Waals surface area contributed by atoms with Gasteiger partial charge >= 0.3 is 0 Å². The van der Waals surface area contributed by atoms with Gasteiger partial charge in [-0.05, 0) is 36.4 Å². The Morgan fingerprint density at radius 1 is 0.920 bits per heavy atom. The van der Waals surface area contributed by atoms with Crippen molar-refractivity contribution in [2.24, 2.45) is 0 Å². The molecule has 0 aliphatic rings. The molecule has 0 atom stereocenters. The molecule has 0 spiro atoms. The number of anilines is 2. The molecule has 0 saturated carbocycles. The number of fused-ring (bicyclic) bond motifs is 1. The lowest BCUT2D eigenvalue weighted by molar-refractivity contribution is 0.602. The van der Waals surface area contributed by atoms with Crippen molar-refractivity contribution >= 4 is 32.2 Å². The topological polar surface area (TPSA) is 49.4 Å². The van der Waals surface area contributed by atoms with Crippen LogP contribution in [0.2, 0.25) is 0 Å². The molecule has 3 aromatic rings. The molecule has 0 aromatic heterocycles. The van der Waals surface area contributed by atoms with E-state index in [1.54, 1.807) is 36.4 Å². The van der Waals surface area contributed by atoms with Crippen molar-refractivity contribution in [3.05, 3.63) is 66.2 Å². The van der Waals surface area contributed by atoms with E-state index in [9.17, 15) is 8.42 Å². The average molecular weight is 350 g/mol. The van der Waals surface area contributed by atoms with Gasteiger partial charge in [0.05, 0.1) is 4.90 Å².